The number of aromatic nitrogens is 4. The predicted octanol–water partition coefficient (Wildman–Crippen LogP) is -5.37. The number of nitrogen functional groups attached to an aromatic ring is 1. The van der Waals surface area contributed by atoms with E-state index in [1.54, 1.807) is 0 Å². The first kappa shape index (κ1) is 24.4. The van der Waals surface area contributed by atoms with Crippen LogP contribution in [0.15, 0.2) is 12.7 Å². The van der Waals surface area contributed by atoms with Crippen molar-refractivity contribution in [3.63, 3.8) is 0 Å². The molecule has 18 heteroatoms. The van der Waals surface area contributed by atoms with Crippen molar-refractivity contribution in [2.24, 2.45) is 0 Å². The molecule has 0 aromatic carbocycles. The van der Waals surface area contributed by atoms with Gasteiger partial charge in [0.25, 0.3) is 7.82 Å². The van der Waals surface area contributed by atoms with Gasteiger partial charge in [-0.25, -0.2) is 23.8 Å². The minimum Gasteiger partial charge on any atom is -0.756 e. The van der Waals surface area contributed by atoms with Crippen molar-refractivity contribution in [2.75, 3.05) is 12.3 Å². The second kappa shape index (κ2) is 9.09. The number of fused-ring (bicyclic) bond motifs is 1. The topological polar surface area (TPSA) is 235 Å². The largest absolute Gasteiger partial charge is 1.00 e. The van der Waals surface area contributed by atoms with Crippen LogP contribution in [0.25, 0.3) is 11.2 Å². The van der Waals surface area contributed by atoms with Crippen LogP contribution in [-0.2, 0) is 22.7 Å². The average molecular weight is 465 g/mol. The molecular formula is C10H14KN5O10P2. The Morgan fingerprint density at radius 3 is 2.57 bits per heavy atom. The van der Waals surface area contributed by atoms with E-state index in [2.05, 4.69) is 23.8 Å². The minimum absolute atomic E-state index is 0. The standard InChI is InChI=1S/C10H15N5O10P2.K/c11-8-5-9(13-2-12-8)15(3-14-5)10-7(17)6(16)4(24-10)1-23-27(21,22)25-26(18,19)20;/h2-4,6-7,10,16-17H,1H2,(H,21,22)(H2,11,12,13)(H2,18,19,20);/q;+1/p-1/t4-,6-,7-,10-;/m1./s1. The van der Waals surface area contributed by atoms with E-state index in [4.69, 9.17) is 15.4 Å². The summed E-state index contributed by atoms with van der Waals surface area (Å²) in [5.41, 5.74) is 6.09. The third-order valence-electron chi connectivity index (χ3n) is 3.61. The van der Waals surface area contributed by atoms with E-state index in [0.717, 1.165) is 6.33 Å². The van der Waals surface area contributed by atoms with Gasteiger partial charge in [-0.1, -0.05) is 0 Å². The van der Waals surface area contributed by atoms with Crippen LogP contribution in [0.5, 0.6) is 0 Å². The fourth-order valence-corrected chi connectivity index (χ4v) is 4.04. The first-order valence-corrected chi connectivity index (χ1v) is 10.1. The van der Waals surface area contributed by atoms with Crippen molar-refractivity contribution in [2.45, 2.75) is 24.5 Å². The van der Waals surface area contributed by atoms with Gasteiger partial charge < -0.3 is 35.4 Å². The fourth-order valence-electron chi connectivity index (χ4n) is 2.47. The summed E-state index contributed by atoms with van der Waals surface area (Å²) in [7, 11) is -10.7. The number of ether oxygens (including phenoxy) is 1. The molecule has 0 spiro atoms. The fraction of sp³-hybridized carbons (Fsp3) is 0.500. The zero-order valence-corrected chi connectivity index (χ0v) is 19.1. The van der Waals surface area contributed by atoms with Crippen LogP contribution in [0, 0.1) is 0 Å². The van der Waals surface area contributed by atoms with Gasteiger partial charge in [-0.15, -0.1) is 0 Å². The first-order valence-electron chi connectivity index (χ1n) is 7.15. The zero-order valence-electron chi connectivity index (χ0n) is 14.2. The molecule has 0 amide bonds. The van der Waals surface area contributed by atoms with Crippen LogP contribution in [-0.4, -0.2) is 64.4 Å². The number of phosphoric acid groups is 2. The third-order valence-corrected chi connectivity index (χ3v) is 5.73. The Morgan fingerprint density at radius 1 is 1.25 bits per heavy atom. The van der Waals surface area contributed by atoms with E-state index in [9.17, 15) is 29.1 Å². The smallest absolute Gasteiger partial charge is 0.756 e. The molecule has 1 fully saturated rings. The number of hydrogen-bond acceptors (Lipinski definition) is 12. The Balaban J connectivity index is 0.00000280. The normalized spacial score (nSPS) is 29.2. The van der Waals surface area contributed by atoms with Crippen molar-refractivity contribution >= 4 is 32.6 Å². The van der Waals surface area contributed by atoms with E-state index >= 15 is 0 Å². The maximum Gasteiger partial charge on any atom is 1.00 e. The van der Waals surface area contributed by atoms with Crippen LogP contribution in [0.3, 0.4) is 0 Å². The molecule has 6 N–H and O–H groups in total. The molecule has 6 atom stereocenters. The Morgan fingerprint density at radius 2 is 1.93 bits per heavy atom. The summed E-state index contributed by atoms with van der Waals surface area (Å²) in [4.78, 5) is 39.9. The molecule has 1 aliphatic heterocycles. The van der Waals surface area contributed by atoms with Gasteiger partial charge in [0.15, 0.2) is 17.7 Å². The second-order valence-corrected chi connectivity index (χ2v) is 8.23. The van der Waals surface area contributed by atoms with Crippen LogP contribution in [0.4, 0.5) is 5.82 Å². The summed E-state index contributed by atoms with van der Waals surface area (Å²) in [6, 6.07) is 0. The van der Waals surface area contributed by atoms with Crippen LogP contribution >= 0.6 is 15.6 Å². The molecule has 1 aliphatic rings. The Kier molecular flexibility index (Phi) is 7.92. The Hall–Kier alpha value is 0.126. The molecule has 0 bridgehead atoms. The molecule has 0 aliphatic carbocycles. The molecule has 1 saturated heterocycles. The van der Waals surface area contributed by atoms with E-state index in [0.29, 0.717) is 0 Å². The Labute approximate surface area is 199 Å². The van der Waals surface area contributed by atoms with Crippen LogP contribution in [0.2, 0.25) is 0 Å². The molecule has 3 heterocycles. The third kappa shape index (κ3) is 5.43. The van der Waals surface area contributed by atoms with E-state index in [1.165, 1.54) is 10.9 Å². The number of nitrogens with two attached hydrogens (primary N) is 1. The molecule has 2 aromatic rings. The van der Waals surface area contributed by atoms with Crippen molar-refractivity contribution in [1.29, 1.82) is 0 Å². The average Bonchev–Trinajstić information content (AvgIpc) is 3.07. The number of phosphoric ester groups is 1. The van der Waals surface area contributed by atoms with Gasteiger partial charge in [0.1, 0.15) is 30.2 Å². The number of hydrogen-bond donors (Lipinski definition) is 5. The van der Waals surface area contributed by atoms with Gasteiger partial charge in [0.05, 0.1) is 12.9 Å². The van der Waals surface area contributed by atoms with Gasteiger partial charge in [-0.3, -0.25) is 13.7 Å². The van der Waals surface area contributed by atoms with Gasteiger partial charge in [-0.2, -0.15) is 0 Å². The quantitative estimate of drug-likeness (QED) is 0.198. The summed E-state index contributed by atoms with van der Waals surface area (Å²) < 4.78 is 36.5. The molecule has 15 nitrogen and oxygen atoms in total. The zero-order chi connectivity index (χ0) is 20.0. The second-order valence-electron chi connectivity index (χ2n) is 5.44. The molecule has 0 radical (unpaired) electrons. The monoisotopic (exact) mass is 465 g/mol. The molecule has 2 aromatic heterocycles. The van der Waals surface area contributed by atoms with Gasteiger partial charge >= 0.3 is 59.2 Å². The van der Waals surface area contributed by atoms with Gasteiger partial charge in [0.2, 0.25) is 0 Å². The Bertz CT molecular complexity index is 938. The first-order chi connectivity index (χ1) is 12.5. The molecule has 28 heavy (non-hydrogen) atoms. The summed E-state index contributed by atoms with van der Waals surface area (Å²) in [5, 5.41) is 20.3. The van der Waals surface area contributed by atoms with Crippen LogP contribution in [0.1, 0.15) is 6.23 Å². The number of aliphatic hydroxyl groups is 2. The molecule has 2 unspecified atom stereocenters. The van der Waals surface area contributed by atoms with Crippen LogP contribution < -0.4 is 62.0 Å². The van der Waals surface area contributed by atoms with Crippen molar-refractivity contribution in [3.8, 4) is 0 Å². The minimum atomic E-state index is -5.54. The number of nitrogens with zero attached hydrogens (tertiary/aromatic N) is 4. The molecular weight excluding hydrogens is 451 g/mol. The number of imidazole rings is 1. The maximum absolute atomic E-state index is 11.4. The van der Waals surface area contributed by atoms with Gasteiger partial charge in [0, 0.05) is 0 Å². The predicted molar refractivity (Wildman–Crippen MR) is 82.3 cm³/mol. The molecule has 0 saturated carbocycles. The van der Waals surface area contributed by atoms with Crippen molar-refractivity contribution in [1.82, 2.24) is 19.5 Å². The van der Waals surface area contributed by atoms with Crippen molar-refractivity contribution in [3.05, 3.63) is 12.7 Å². The van der Waals surface area contributed by atoms with E-state index < -0.39 is 46.8 Å². The molecule has 150 valence electrons. The summed E-state index contributed by atoms with van der Waals surface area (Å²) >= 11 is 0. The van der Waals surface area contributed by atoms with Gasteiger partial charge in [-0.05, 0) is 0 Å². The van der Waals surface area contributed by atoms with E-state index in [-0.39, 0.29) is 68.4 Å². The molecule has 3 rings (SSSR count). The number of aliphatic hydroxyl groups excluding tert-OH is 2. The summed E-state index contributed by atoms with van der Waals surface area (Å²) in [6.45, 7) is -0.841. The number of rotatable bonds is 6. The number of anilines is 1. The SMILES string of the molecule is Nc1ncnc2c1ncn2[C@@H]1O[C@H](COP(=O)(O)OP(=O)([O-])O)[C@@H](O)[C@H]1O.[K+]. The maximum atomic E-state index is 11.4. The van der Waals surface area contributed by atoms with E-state index in [1.807, 2.05) is 0 Å². The van der Waals surface area contributed by atoms with Crippen molar-refractivity contribution < 1.29 is 99.0 Å². The summed E-state index contributed by atoms with van der Waals surface area (Å²) in [6.07, 6.45) is -3.27. The summed E-state index contributed by atoms with van der Waals surface area (Å²) in [5.74, 6) is 0.0797.